The van der Waals surface area contributed by atoms with Gasteiger partial charge in [0, 0.05) is 37.8 Å². The molecule has 21 heavy (non-hydrogen) atoms. The molecule has 1 aliphatic heterocycles. The highest BCUT2D eigenvalue weighted by molar-refractivity contribution is 5.99. The quantitative estimate of drug-likeness (QED) is 0.844. The predicted octanol–water partition coefficient (Wildman–Crippen LogP) is 1.63. The molecule has 1 saturated heterocycles. The van der Waals surface area contributed by atoms with Crippen molar-refractivity contribution < 1.29 is 9.59 Å². The lowest BCUT2D eigenvalue weighted by Crippen LogP contribution is -2.51. The second-order valence-electron chi connectivity index (χ2n) is 5.36. The molecule has 0 radical (unpaired) electrons. The lowest BCUT2D eigenvalue weighted by Gasteiger charge is -2.35. The lowest BCUT2D eigenvalue weighted by molar-refractivity contribution is -0.135. The topological polar surface area (TPSA) is 66.6 Å². The van der Waals surface area contributed by atoms with Gasteiger partial charge in [0.2, 0.25) is 5.91 Å². The summed E-state index contributed by atoms with van der Waals surface area (Å²) in [4.78, 5) is 27.9. The minimum Gasteiger partial charge on any atom is -0.398 e. The number of carbonyl (C=O) groups excluding carboxylic acids is 2. The van der Waals surface area contributed by atoms with Crippen molar-refractivity contribution in [1.29, 1.82) is 0 Å². The van der Waals surface area contributed by atoms with Crippen molar-refractivity contribution in [3.63, 3.8) is 0 Å². The van der Waals surface area contributed by atoms with E-state index in [-0.39, 0.29) is 30.1 Å². The van der Waals surface area contributed by atoms with Crippen molar-refractivity contribution >= 4 is 29.9 Å². The summed E-state index contributed by atoms with van der Waals surface area (Å²) in [6.07, 6.45) is 0. The Kier molecular flexibility index (Phi) is 6.03. The van der Waals surface area contributed by atoms with Crippen molar-refractivity contribution in [2.75, 3.05) is 31.9 Å². The number of halogens is 1. The second-order valence-corrected chi connectivity index (χ2v) is 5.36. The van der Waals surface area contributed by atoms with Crippen molar-refractivity contribution in [3.05, 3.63) is 29.8 Å². The fourth-order valence-corrected chi connectivity index (χ4v) is 2.36. The van der Waals surface area contributed by atoms with Crippen LogP contribution in [0, 0.1) is 5.92 Å². The van der Waals surface area contributed by atoms with E-state index in [1.54, 1.807) is 17.0 Å². The van der Waals surface area contributed by atoms with Crippen LogP contribution in [-0.2, 0) is 4.79 Å². The Bertz CT molecular complexity index is 511. The molecule has 6 heteroatoms. The zero-order valence-corrected chi connectivity index (χ0v) is 13.2. The van der Waals surface area contributed by atoms with Crippen molar-refractivity contribution in [2.24, 2.45) is 5.92 Å². The summed E-state index contributed by atoms with van der Waals surface area (Å²) < 4.78 is 0. The van der Waals surface area contributed by atoms with Crippen molar-refractivity contribution in [2.45, 2.75) is 13.8 Å². The van der Waals surface area contributed by atoms with Gasteiger partial charge in [-0.25, -0.2) is 0 Å². The Labute approximate surface area is 131 Å². The smallest absolute Gasteiger partial charge is 0.256 e. The lowest BCUT2D eigenvalue weighted by atomic mass is 10.1. The molecule has 1 fully saturated rings. The Morgan fingerprint density at radius 2 is 1.57 bits per heavy atom. The number of hydrogen-bond acceptors (Lipinski definition) is 3. The van der Waals surface area contributed by atoms with Crippen LogP contribution in [-0.4, -0.2) is 47.8 Å². The van der Waals surface area contributed by atoms with E-state index in [1.165, 1.54) is 0 Å². The molecule has 2 rings (SSSR count). The molecule has 1 aliphatic rings. The Hall–Kier alpha value is -1.75. The minimum absolute atomic E-state index is 0. The molecule has 2 N–H and O–H groups in total. The molecule has 0 aliphatic carbocycles. The van der Waals surface area contributed by atoms with Gasteiger partial charge in [-0.05, 0) is 12.1 Å². The van der Waals surface area contributed by atoms with Crippen LogP contribution in [0.5, 0.6) is 0 Å². The van der Waals surface area contributed by atoms with Gasteiger partial charge in [0.25, 0.3) is 5.91 Å². The largest absolute Gasteiger partial charge is 0.398 e. The number of piperazine rings is 1. The number of rotatable bonds is 2. The maximum absolute atomic E-state index is 12.4. The van der Waals surface area contributed by atoms with E-state index in [2.05, 4.69) is 0 Å². The summed E-state index contributed by atoms with van der Waals surface area (Å²) in [5.41, 5.74) is 6.87. The highest BCUT2D eigenvalue weighted by Crippen LogP contribution is 2.15. The zero-order valence-electron chi connectivity index (χ0n) is 12.4. The molecule has 5 nitrogen and oxygen atoms in total. The van der Waals surface area contributed by atoms with E-state index in [0.717, 1.165) is 0 Å². The molecule has 0 atom stereocenters. The Morgan fingerprint density at radius 1 is 1.05 bits per heavy atom. The summed E-state index contributed by atoms with van der Waals surface area (Å²) in [6, 6.07) is 7.09. The number of nitrogens with two attached hydrogens (primary N) is 1. The number of carbonyl (C=O) groups is 2. The summed E-state index contributed by atoms with van der Waals surface area (Å²) in [7, 11) is 0. The van der Waals surface area contributed by atoms with Gasteiger partial charge in [-0.1, -0.05) is 26.0 Å². The maximum Gasteiger partial charge on any atom is 0.256 e. The molecule has 0 unspecified atom stereocenters. The molecule has 0 spiro atoms. The van der Waals surface area contributed by atoms with Gasteiger partial charge in [0.1, 0.15) is 0 Å². The van der Waals surface area contributed by atoms with Gasteiger partial charge in [-0.15, -0.1) is 12.4 Å². The van der Waals surface area contributed by atoms with Crippen LogP contribution in [0.3, 0.4) is 0 Å². The first-order valence-corrected chi connectivity index (χ1v) is 6.93. The van der Waals surface area contributed by atoms with Gasteiger partial charge < -0.3 is 15.5 Å². The average Bonchev–Trinajstić information content (AvgIpc) is 2.46. The summed E-state index contributed by atoms with van der Waals surface area (Å²) in [5.74, 6) is 0.0955. The SMILES string of the molecule is CC(C)C(=O)N1CCN(C(=O)c2ccccc2N)CC1.Cl. The Balaban J connectivity index is 0.00000220. The number of nitrogen functional groups attached to an aromatic ring is 1. The van der Waals surface area contributed by atoms with Gasteiger partial charge in [-0.2, -0.15) is 0 Å². The predicted molar refractivity (Wildman–Crippen MR) is 85.4 cm³/mol. The highest BCUT2D eigenvalue weighted by atomic mass is 35.5. The molecule has 0 aromatic heterocycles. The van der Waals surface area contributed by atoms with E-state index < -0.39 is 0 Å². The average molecular weight is 312 g/mol. The number of anilines is 1. The highest BCUT2D eigenvalue weighted by Gasteiger charge is 2.26. The summed E-state index contributed by atoms with van der Waals surface area (Å²) >= 11 is 0. The molecule has 1 aromatic rings. The van der Waals surface area contributed by atoms with E-state index in [0.29, 0.717) is 37.4 Å². The van der Waals surface area contributed by atoms with Crippen LogP contribution in [0.25, 0.3) is 0 Å². The van der Waals surface area contributed by atoms with Crippen molar-refractivity contribution in [1.82, 2.24) is 9.80 Å². The van der Waals surface area contributed by atoms with Crippen LogP contribution in [0.15, 0.2) is 24.3 Å². The van der Waals surface area contributed by atoms with Crippen LogP contribution < -0.4 is 5.73 Å². The van der Waals surface area contributed by atoms with Gasteiger partial charge in [0.15, 0.2) is 0 Å². The number of para-hydroxylation sites is 1. The molecule has 2 amide bonds. The fraction of sp³-hybridized carbons (Fsp3) is 0.467. The number of hydrogen-bond donors (Lipinski definition) is 1. The van der Waals surface area contributed by atoms with E-state index >= 15 is 0 Å². The zero-order chi connectivity index (χ0) is 14.7. The monoisotopic (exact) mass is 311 g/mol. The summed E-state index contributed by atoms with van der Waals surface area (Å²) in [5, 5.41) is 0. The number of nitrogens with zero attached hydrogens (tertiary/aromatic N) is 2. The van der Waals surface area contributed by atoms with E-state index in [1.807, 2.05) is 30.9 Å². The first kappa shape index (κ1) is 17.3. The standard InChI is InChI=1S/C15H21N3O2.ClH/c1-11(2)14(19)17-7-9-18(10-8-17)15(20)12-5-3-4-6-13(12)16;/h3-6,11H,7-10,16H2,1-2H3;1H. The van der Waals surface area contributed by atoms with E-state index in [4.69, 9.17) is 5.73 Å². The number of amides is 2. The third kappa shape index (κ3) is 3.88. The summed E-state index contributed by atoms with van der Waals surface area (Å²) in [6.45, 7) is 6.09. The van der Waals surface area contributed by atoms with Gasteiger partial charge >= 0.3 is 0 Å². The van der Waals surface area contributed by atoms with Crippen molar-refractivity contribution in [3.8, 4) is 0 Å². The molecular weight excluding hydrogens is 290 g/mol. The Morgan fingerprint density at radius 3 is 2.10 bits per heavy atom. The normalized spacial score (nSPS) is 14.8. The molecule has 1 heterocycles. The van der Waals surface area contributed by atoms with Crippen LogP contribution in [0.1, 0.15) is 24.2 Å². The first-order chi connectivity index (χ1) is 9.50. The molecular formula is C15H22ClN3O2. The third-order valence-electron chi connectivity index (χ3n) is 3.56. The molecule has 116 valence electrons. The molecule has 0 saturated carbocycles. The van der Waals surface area contributed by atoms with Gasteiger partial charge in [-0.3, -0.25) is 9.59 Å². The number of benzene rings is 1. The fourth-order valence-electron chi connectivity index (χ4n) is 2.36. The maximum atomic E-state index is 12.4. The van der Waals surface area contributed by atoms with Crippen LogP contribution >= 0.6 is 12.4 Å². The van der Waals surface area contributed by atoms with Crippen LogP contribution in [0.4, 0.5) is 5.69 Å². The molecule has 0 bridgehead atoms. The molecule has 1 aromatic carbocycles. The van der Waals surface area contributed by atoms with Gasteiger partial charge in [0.05, 0.1) is 5.56 Å². The van der Waals surface area contributed by atoms with E-state index in [9.17, 15) is 9.59 Å². The third-order valence-corrected chi connectivity index (χ3v) is 3.56. The first-order valence-electron chi connectivity index (χ1n) is 6.93. The minimum atomic E-state index is -0.0558. The van der Waals surface area contributed by atoms with Crippen LogP contribution in [0.2, 0.25) is 0 Å². The second kappa shape index (κ2) is 7.31.